The molecule has 0 aliphatic carbocycles. The van der Waals surface area contributed by atoms with Crippen LogP contribution in [0.2, 0.25) is 0 Å². The van der Waals surface area contributed by atoms with E-state index in [4.69, 9.17) is 4.74 Å². The van der Waals surface area contributed by atoms with Crippen LogP contribution in [0, 0.1) is 0 Å². The average Bonchev–Trinajstić information content (AvgIpc) is 2.79. The lowest BCUT2D eigenvalue weighted by Crippen LogP contribution is -2.45. The number of carbonyl (C=O) groups excluding carboxylic acids is 1. The lowest BCUT2D eigenvalue weighted by atomic mass is 9.84. The van der Waals surface area contributed by atoms with Crippen molar-refractivity contribution < 1.29 is 19.4 Å². The fourth-order valence-corrected chi connectivity index (χ4v) is 5.15. The van der Waals surface area contributed by atoms with Crippen LogP contribution >= 0.6 is 11.8 Å². The SMILES string of the molecule is CC(C)(C)OC(=O)N[C@H](CSC(c1ccccc1)(c1ccccc1)c1ccccc1)C(=O)O. The molecule has 172 valence electrons. The number of alkyl carbamates (subject to hydrolysis) is 1. The second kappa shape index (κ2) is 10.6. The highest BCUT2D eigenvalue weighted by Gasteiger charge is 2.38. The number of carbonyl (C=O) groups is 2. The molecule has 0 unspecified atom stereocenters. The number of hydrogen-bond acceptors (Lipinski definition) is 4. The average molecular weight is 464 g/mol. The lowest BCUT2D eigenvalue weighted by Gasteiger charge is -2.36. The predicted molar refractivity (Wildman–Crippen MR) is 132 cm³/mol. The molecule has 2 N–H and O–H groups in total. The third-order valence-electron chi connectivity index (χ3n) is 5.00. The first-order valence-corrected chi connectivity index (χ1v) is 11.7. The summed E-state index contributed by atoms with van der Waals surface area (Å²) in [4.78, 5) is 24.3. The van der Waals surface area contributed by atoms with Gasteiger partial charge in [0.25, 0.3) is 0 Å². The van der Waals surface area contributed by atoms with Crippen molar-refractivity contribution in [3.05, 3.63) is 108 Å². The van der Waals surface area contributed by atoms with Gasteiger partial charge in [-0.3, -0.25) is 0 Å². The van der Waals surface area contributed by atoms with E-state index in [0.717, 1.165) is 16.7 Å². The van der Waals surface area contributed by atoms with Crippen molar-refractivity contribution in [3.8, 4) is 0 Å². The Morgan fingerprint density at radius 2 is 1.21 bits per heavy atom. The van der Waals surface area contributed by atoms with Gasteiger partial charge in [-0.25, -0.2) is 9.59 Å². The molecular formula is C27H29NO4S. The summed E-state index contributed by atoms with van der Waals surface area (Å²) < 4.78 is 4.61. The van der Waals surface area contributed by atoms with Crippen LogP contribution < -0.4 is 5.32 Å². The van der Waals surface area contributed by atoms with Gasteiger partial charge in [0, 0.05) is 5.75 Å². The van der Waals surface area contributed by atoms with Crippen LogP contribution in [0.1, 0.15) is 37.5 Å². The molecule has 0 aliphatic heterocycles. The van der Waals surface area contributed by atoms with E-state index in [2.05, 4.69) is 5.32 Å². The summed E-state index contributed by atoms with van der Waals surface area (Å²) in [5, 5.41) is 12.4. The fraction of sp³-hybridized carbons (Fsp3) is 0.259. The zero-order valence-electron chi connectivity index (χ0n) is 19.0. The first-order chi connectivity index (χ1) is 15.7. The van der Waals surface area contributed by atoms with E-state index < -0.39 is 28.5 Å². The van der Waals surface area contributed by atoms with E-state index in [1.54, 1.807) is 20.8 Å². The minimum Gasteiger partial charge on any atom is -0.480 e. The van der Waals surface area contributed by atoms with E-state index >= 15 is 0 Å². The molecule has 0 saturated carbocycles. The van der Waals surface area contributed by atoms with E-state index in [1.807, 2.05) is 91.0 Å². The van der Waals surface area contributed by atoms with E-state index in [9.17, 15) is 14.7 Å². The van der Waals surface area contributed by atoms with Gasteiger partial charge in [0.05, 0.1) is 4.75 Å². The standard InChI is InChI=1S/C27H29NO4S/c1-26(2,3)32-25(31)28-23(24(29)30)19-33-27(20-13-7-4-8-14-20,21-15-9-5-10-16-21)22-17-11-6-12-18-22/h4-18,23H,19H2,1-3H3,(H,28,31)(H,29,30)/t23-/m1/s1. The van der Waals surface area contributed by atoms with Crippen LogP contribution in [0.5, 0.6) is 0 Å². The maximum absolute atomic E-state index is 12.3. The quantitative estimate of drug-likeness (QED) is 0.420. The molecular weight excluding hydrogens is 434 g/mol. The highest BCUT2D eigenvalue weighted by molar-refractivity contribution is 8.00. The van der Waals surface area contributed by atoms with Crippen molar-refractivity contribution in [1.82, 2.24) is 5.32 Å². The Hall–Kier alpha value is -3.25. The highest BCUT2D eigenvalue weighted by atomic mass is 32.2. The summed E-state index contributed by atoms with van der Waals surface area (Å²) in [6.45, 7) is 5.22. The summed E-state index contributed by atoms with van der Waals surface area (Å²) in [6.07, 6.45) is -0.750. The number of hydrogen-bond donors (Lipinski definition) is 2. The number of rotatable bonds is 8. The molecule has 3 aromatic carbocycles. The summed E-state index contributed by atoms with van der Waals surface area (Å²) in [5.41, 5.74) is 2.35. The minimum absolute atomic E-state index is 0.132. The van der Waals surface area contributed by atoms with E-state index in [1.165, 1.54) is 11.8 Å². The molecule has 5 nitrogen and oxygen atoms in total. The third-order valence-corrected chi connectivity index (χ3v) is 6.64. The van der Waals surface area contributed by atoms with Crippen molar-refractivity contribution in [2.24, 2.45) is 0 Å². The van der Waals surface area contributed by atoms with E-state index in [-0.39, 0.29) is 5.75 Å². The van der Waals surface area contributed by atoms with Crippen molar-refractivity contribution in [2.45, 2.75) is 37.2 Å². The molecule has 0 radical (unpaired) electrons. The molecule has 0 heterocycles. The molecule has 1 atom stereocenters. The van der Waals surface area contributed by atoms with Crippen LogP contribution in [0.3, 0.4) is 0 Å². The Balaban J connectivity index is 2.03. The number of thioether (sulfide) groups is 1. The van der Waals surface area contributed by atoms with Gasteiger partial charge >= 0.3 is 12.1 Å². The Morgan fingerprint density at radius 3 is 1.55 bits per heavy atom. The number of aliphatic carboxylic acids is 1. The Morgan fingerprint density at radius 1 is 0.818 bits per heavy atom. The second-order valence-corrected chi connectivity index (χ2v) is 9.86. The van der Waals surface area contributed by atoms with Crippen molar-refractivity contribution in [2.75, 3.05) is 5.75 Å². The first kappa shape index (κ1) is 24.4. The molecule has 0 spiro atoms. The molecule has 1 amide bonds. The maximum Gasteiger partial charge on any atom is 0.408 e. The van der Waals surface area contributed by atoms with Crippen molar-refractivity contribution in [3.63, 3.8) is 0 Å². The number of benzene rings is 3. The van der Waals surface area contributed by atoms with Crippen LogP contribution in [0.25, 0.3) is 0 Å². The van der Waals surface area contributed by atoms with Crippen molar-refractivity contribution >= 4 is 23.8 Å². The van der Waals surface area contributed by atoms with Crippen LogP contribution in [-0.2, 0) is 14.3 Å². The largest absolute Gasteiger partial charge is 0.480 e. The van der Waals surface area contributed by atoms with Crippen LogP contribution in [0.4, 0.5) is 4.79 Å². The van der Waals surface area contributed by atoms with Gasteiger partial charge in [0.15, 0.2) is 0 Å². The molecule has 6 heteroatoms. The smallest absolute Gasteiger partial charge is 0.408 e. The highest BCUT2D eigenvalue weighted by Crippen LogP contribution is 2.48. The zero-order valence-corrected chi connectivity index (χ0v) is 19.8. The van der Waals surface area contributed by atoms with Gasteiger partial charge in [-0.2, -0.15) is 0 Å². The molecule has 0 aliphatic rings. The van der Waals surface area contributed by atoms with Gasteiger partial charge in [0.2, 0.25) is 0 Å². The normalized spacial score (nSPS) is 12.6. The molecule has 0 bridgehead atoms. The summed E-state index contributed by atoms with van der Waals surface area (Å²) in [6, 6.07) is 28.9. The van der Waals surface area contributed by atoms with Crippen LogP contribution in [0.15, 0.2) is 91.0 Å². The minimum atomic E-state index is -1.12. The van der Waals surface area contributed by atoms with Gasteiger partial charge in [-0.15, -0.1) is 11.8 Å². The number of amides is 1. The molecule has 33 heavy (non-hydrogen) atoms. The molecule has 0 aromatic heterocycles. The predicted octanol–water partition coefficient (Wildman–Crippen LogP) is 5.69. The summed E-state index contributed by atoms with van der Waals surface area (Å²) in [7, 11) is 0. The van der Waals surface area contributed by atoms with Crippen molar-refractivity contribution in [1.29, 1.82) is 0 Å². The number of carboxylic acid groups (broad SMARTS) is 1. The number of ether oxygens (including phenoxy) is 1. The molecule has 3 rings (SSSR count). The number of nitrogens with one attached hydrogen (secondary N) is 1. The van der Waals surface area contributed by atoms with Crippen LogP contribution in [-0.4, -0.2) is 34.6 Å². The lowest BCUT2D eigenvalue weighted by molar-refractivity contribution is -0.138. The van der Waals surface area contributed by atoms with E-state index in [0.29, 0.717) is 0 Å². The Kier molecular flexibility index (Phi) is 7.82. The molecule has 0 fully saturated rings. The zero-order chi connectivity index (χ0) is 23.9. The first-order valence-electron chi connectivity index (χ1n) is 10.8. The second-order valence-electron chi connectivity index (χ2n) is 8.63. The topological polar surface area (TPSA) is 75.6 Å². The van der Waals surface area contributed by atoms with Gasteiger partial charge in [-0.1, -0.05) is 91.0 Å². The van der Waals surface area contributed by atoms with Gasteiger partial charge in [0.1, 0.15) is 11.6 Å². The third kappa shape index (κ3) is 6.17. The monoisotopic (exact) mass is 463 g/mol. The van der Waals surface area contributed by atoms with Gasteiger partial charge in [-0.05, 0) is 37.5 Å². The number of carboxylic acids is 1. The Labute approximate surface area is 199 Å². The fourth-order valence-electron chi connectivity index (χ4n) is 3.60. The molecule has 3 aromatic rings. The summed E-state index contributed by atoms with van der Waals surface area (Å²) >= 11 is 1.47. The maximum atomic E-state index is 12.3. The molecule has 0 saturated heterocycles. The summed E-state index contributed by atoms with van der Waals surface area (Å²) in [5.74, 6) is -0.982. The van der Waals surface area contributed by atoms with Gasteiger partial charge < -0.3 is 15.2 Å². The Bertz CT molecular complexity index is 953.